The third kappa shape index (κ3) is 7.75. The quantitative estimate of drug-likeness (QED) is 0.0948. The van der Waals surface area contributed by atoms with E-state index >= 15 is 8.78 Å². The van der Waals surface area contributed by atoms with Crippen molar-refractivity contribution in [2.24, 2.45) is 0 Å². The lowest BCUT2D eigenvalue weighted by atomic mass is 9.78. The van der Waals surface area contributed by atoms with Crippen LogP contribution >= 0.6 is 0 Å². The first-order valence-corrected chi connectivity index (χ1v) is 18.1. The van der Waals surface area contributed by atoms with Crippen LogP contribution in [0.3, 0.4) is 0 Å². The van der Waals surface area contributed by atoms with Crippen LogP contribution in [0.4, 0.5) is 46.5 Å². The van der Waals surface area contributed by atoms with Crippen LogP contribution in [0.5, 0.6) is 11.5 Å². The molecular formula is C48H14F8N8O2. The molecule has 2 aliphatic carbocycles. The Labute approximate surface area is 367 Å². The molecule has 0 N–H and O–H groups in total. The summed E-state index contributed by atoms with van der Waals surface area (Å²) in [5.74, 6) is -4.42. The van der Waals surface area contributed by atoms with Crippen molar-refractivity contribution < 1.29 is 44.6 Å². The molecule has 0 bridgehead atoms. The van der Waals surface area contributed by atoms with E-state index in [1.807, 2.05) is 18.2 Å². The van der Waals surface area contributed by atoms with Gasteiger partial charge in [0.15, 0.2) is 11.4 Å². The number of ether oxygens (including phenoxy) is 2. The minimum absolute atomic E-state index is 0.173. The number of benzene rings is 5. The first-order valence-electron chi connectivity index (χ1n) is 18.1. The highest BCUT2D eigenvalue weighted by Gasteiger charge is 2.44. The fourth-order valence-corrected chi connectivity index (χ4v) is 7.60. The van der Waals surface area contributed by atoms with Crippen LogP contribution in [0.2, 0.25) is 0 Å². The van der Waals surface area contributed by atoms with Gasteiger partial charge in [0.05, 0.1) is 60.7 Å². The summed E-state index contributed by atoms with van der Waals surface area (Å²) in [7, 11) is 0. The van der Waals surface area contributed by atoms with E-state index < -0.39 is 103 Å². The van der Waals surface area contributed by atoms with Gasteiger partial charge in [0.1, 0.15) is 35.3 Å². The maximum absolute atomic E-state index is 17.6. The number of nitrogens with zero attached hydrogens (tertiary/aromatic N) is 8. The van der Waals surface area contributed by atoms with Gasteiger partial charge in [0, 0.05) is 22.3 Å². The second kappa shape index (κ2) is 16.7. The molecule has 7 rings (SSSR count). The van der Waals surface area contributed by atoms with E-state index in [9.17, 15) is 47.4 Å². The van der Waals surface area contributed by atoms with Crippen molar-refractivity contribution in [2.45, 2.75) is 12.7 Å². The highest BCUT2D eigenvalue weighted by Crippen LogP contribution is 2.61. The van der Waals surface area contributed by atoms with Gasteiger partial charge in [-0.25, -0.2) is 28.2 Å². The van der Waals surface area contributed by atoms with Gasteiger partial charge in [-0.15, -0.1) is 26.3 Å². The Bertz CT molecular complexity index is 3190. The SMILES string of the molecule is [C-]#[N+]C1=C(F)/C(=C(/C#N)c2cc([N+]#[C-])cc([N+]#[C-])c2)c2c1c(-c1ccc(OC(F)(F)F)cc1)c1c(c2-c2ccc(OC(F)(F)F)cc2)C(C#N)=C(F)/C1=C(/[N+]#[C-])c1cc(C#N)cc(C#N)c1. The lowest BCUT2D eigenvalue weighted by molar-refractivity contribution is -0.275. The summed E-state index contributed by atoms with van der Waals surface area (Å²) in [6.45, 7) is 31.8. The highest BCUT2D eigenvalue weighted by molar-refractivity contribution is 6.24. The van der Waals surface area contributed by atoms with Gasteiger partial charge in [0.2, 0.25) is 11.4 Å². The predicted octanol–water partition coefficient (Wildman–Crippen LogP) is 13.7. The van der Waals surface area contributed by atoms with E-state index in [1.165, 1.54) is 0 Å². The van der Waals surface area contributed by atoms with Crippen molar-refractivity contribution >= 4 is 45.1 Å². The highest BCUT2D eigenvalue weighted by atomic mass is 19.4. The first kappa shape index (κ1) is 44.1. The third-order valence-corrected chi connectivity index (χ3v) is 9.95. The van der Waals surface area contributed by atoms with Gasteiger partial charge >= 0.3 is 12.7 Å². The second-order valence-electron chi connectivity index (χ2n) is 13.7. The number of alkyl halides is 6. The second-order valence-corrected chi connectivity index (χ2v) is 13.7. The summed E-state index contributed by atoms with van der Waals surface area (Å²) in [6, 6.07) is 21.3. The van der Waals surface area contributed by atoms with Gasteiger partial charge in [-0.05, 0) is 87.0 Å². The van der Waals surface area contributed by atoms with Crippen molar-refractivity contribution in [3.8, 4) is 58.0 Å². The van der Waals surface area contributed by atoms with E-state index in [1.54, 1.807) is 6.07 Å². The summed E-state index contributed by atoms with van der Waals surface area (Å²) in [4.78, 5) is 13.6. The largest absolute Gasteiger partial charge is 0.573 e. The molecule has 0 aliphatic heterocycles. The molecule has 0 amide bonds. The summed E-state index contributed by atoms with van der Waals surface area (Å²) >= 11 is 0. The standard InChI is InChI=1S/C48H14F8N8O2/c1-61-29-16-27(17-30(18-29)62-2)33(21-59)38-40-35(25-5-9-31(10-6-25)65-47(51,52)53)37-34(22-60)43(49)42(45(63-3)28-14-23(19-57)13-24(15-28)20-58)39(37)36(41(40)46(64-4)44(38)50)26-7-11-32(12-8-26)66-48(54,55)56/h5-18H/b38-33-,45-42+. The molecular weight excluding hydrogens is 873 g/mol. The minimum atomic E-state index is -5.18. The van der Waals surface area contributed by atoms with Crippen molar-refractivity contribution in [2.75, 3.05) is 0 Å². The number of nitriles is 4. The molecule has 0 saturated carbocycles. The number of fused-ring (bicyclic) bond motifs is 2. The molecule has 5 aromatic carbocycles. The fraction of sp³-hybridized carbons (Fsp3) is 0.0417. The van der Waals surface area contributed by atoms with Crippen molar-refractivity contribution in [1.82, 2.24) is 0 Å². The molecule has 314 valence electrons. The first-order chi connectivity index (χ1) is 31.4. The Balaban J connectivity index is 1.79. The number of hydrogen-bond acceptors (Lipinski definition) is 6. The Morgan fingerprint density at radius 2 is 1.00 bits per heavy atom. The predicted molar refractivity (Wildman–Crippen MR) is 220 cm³/mol. The molecule has 0 atom stereocenters. The normalized spacial score (nSPS) is 14.2. The van der Waals surface area contributed by atoms with Gasteiger partial charge in [-0.3, -0.25) is 0 Å². The summed E-state index contributed by atoms with van der Waals surface area (Å²) in [5.41, 5.74) is -8.92. The van der Waals surface area contributed by atoms with E-state index in [2.05, 4.69) is 28.9 Å². The molecule has 0 heterocycles. The molecule has 0 fully saturated rings. The number of allylic oxidation sites excluding steroid dienone is 6. The Morgan fingerprint density at radius 1 is 0.515 bits per heavy atom. The molecule has 0 spiro atoms. The molecule has 0 unspecified atom stereocenters. The average molecular weight is 887 g/mol. The summed E-state index contributed by atoms with van der Waals surface area (Å²) in [5, 5.41) is 41.2. The fourth-order valence-electron chi connectivity index (χ4n) is 7.60. The zero-order valence-corrected chi connectivity index (χ0v) is 32.5. The van der Waals surface area contributed by atoms with Gasteiger partial charge in [-0.2, -0.15) is 21.0 Å². The Kier molecular flexibility index (Phi) is 11.2. The zero-order chi connectivity index (χ0) is 47.8. The van der Waals surface area contributed by atoms with Crippen molar-refractivity contribution in [1.29, 1.82) is 21.0 Å². The van der Waals surface area contributed by atoms with E-state index in [0.29, 0.717) is 0 Å². The van der Waals surface area contributed by atoms with Crippen LogP contribution in [0.1, 0.15) is 44.5 Å². The van der Waals surface area contributed by atoms with Gasteiger partial charge in [-0.1, -0.05) is 42.5 Å². The molecule has 0 radical (unpaired) electrons. The Hall–Kier alpha value is -9.98. The number of rotatable bonds is 6. The summed E-state index contributed by atoms with van der Waals surface area (Å²) < 4.78 is 123. The van der Waals surface area contributed by atoms with E-state index in [4.69, 9.17) is 26.3 Å². The molecule has 5 aromatic rings. The lowest BCUT2D eigenvalue weighted by Gasteiger charge is -2.24. The van der Waals surface area contributed by atoms with Crippen LogP contribution in [-0.4, -0.2) is 12.7 Å². The van der Waals surface area contributed by atoms with Crippen LogP contribution in [-0.2, 0) is 0 Å². The third-order valence-electron chi connectivity index (χ3n) is 9.95. The van der Waals surface area contributed by atoms with Crippen molar-refractivity contribution in [3.05, 3.63) is 187 Å². The maximum atomic E-state index is 17.6. The monoisotopic (exact) mass is 886 g/mol. The van der Waals surface area contributed by atoms with Gasteiger partial charge in [0.25, 0.3) is 0 Å². The molecule has 66 heavy (non-hydrogen) atoms. The molecule has 2 aliphatic rings. The van der Waals surface area contributed by atoms with Crippen LogP contribution in [0.15, 0.2) is 96.6 Å². The topological polar surface area (TPSA) is 131 Å². The van der Waals surface area contributed by atoms with E-state index in [-0.39, 0.29) is 44.8 Å². The average Bonchev–Trinajstić information content (AvgIpc) is 3.74. The van der Waals surface area contributed by atoms with Crippen LogP contribution < -0.4 is 9.47 Å². The summed E-state index contributed by atoms with van der Waals surface area (Å²) in [6.07, 6.45) is -10.4. The molecule has 0 aromatic heterocycles. The number of halogens is 8. The van der Waals surface area contributed by atoms with Crippen LogP contribution in [0, 0.1) is 71.6 Å². The molecule has 10 nitrogen and oxygen atoms in total. The van der Waals surface area contributed by atoms with Gasteiger partial charge < -0.3 is 9.47 Å². The minimum Gasteiger partial charge on any atom is -0.406 e. The van der Waals surface area contributed by atoms with Crippen LogP contribution in [0.25, 0.3) is 75.3 Å². The lowest BCUT2D eigenvalue weighted by Crippen LogP contribution is -2.17. The molecule has 18 heteroatoms. The smallest absolute Gasteiger partial charge is 0.406 e. The van der Waals surface area contributed by atoms with E-state index in [0.717, 1.165) is 84.9 Å². The van der Waals surface area contributed by atoms with Crippen molar-refractivity contribution in [3.63, 3.8) is 0 Å². The zero-order valence-electron chi connectivity index (χ0n) is 32.5. The maximum Gasteiger partial charge on any atom is 0.573 e. The molecule has 0 saturated heterocycles. The Morgan fingerprint density at radius 3 is 1.41 bits per heavy atom. The number of hydrogen-bond donors (Lipinski definition) is 0.